The van der Waals surface area contributed by atoms with Crippen LogP contribution >= 0.6 is 0 Å². The molecule has 3 saturated heterocycles. The summed E-state index contributed by atoms with van der Waals surface area (Å²) in [5.74, 6) is 1.28. The largest absolute Gasteiger partial charge is 0.496 e. The van der Waals surface area contributed by atoms with Crippen molar-refractivity contribution in [2.45, 2.75) is 58.0 Å². The van der Waals surface area contributed by atoms with Crippen molar-refractivity contribution in [2.24, 2.45) is 16.7 Å². The Kier molecular flexibility index (Phi) is 6.59. The first kappa shape index (κ1) is 26.6. The van der Waals surface area contributed by atoms with Crippen molar-refractivity contribution < 1.29 is 9.53 Å². The number of likely N-dealkylation sites (tertiary alicyclic amines) is 2. The zero-order chi connectivity index (χ0) is 28.2. The molecule has 1 amide bonds. The van der Waals surface area contributed by atoms with E-state index in [0.29, 0.717) is 5.41 Å². The first-order chi connectivity index (χ1) is 19.9. The molecule has 0 unspecified atom stereocenters. The molecule has 3 aliphatic heterocycles. The van der Waals surface area contributed by atoms with Crippen LogP contribution < -0.4 is 10.1 Å². The molecule has 3 aromatic rings. The lowest BCUT2D eigenvalue weighted by Gasteiger charge is -2.53. The van der Waals surface area contributed by atoms with Crippen LogP contribution in [0, 0.1) is 35.0 Å². The van der Waals surface area contributed by atoms with E-state index in [0.717, 1.165) is 89.1 Å². The summed E-state index contributed by atoms with van der Waals surface area (Å²) in [5, 5.41) is 14.1. The van der Waals surface area contributed by atoms with Crippen LogP contribution in [-0.4, -0.2) is 60.5 Å². The third-order valence-electron chi connectivity index (χ3n) is 10.9. The van der Waals surface area contributed by atoms with Gasteiger partial charge in [-0.25, -0.2) is 0 Å². The van der Waals surface area contributed by atoms with Crippen molar-refractivity contribution >= 4 is 16.8 Å². The molecule has 1 aromatic heterocycles. The van der Waals surface area contributed by atoms with Crippen LogP contribution in [0.15, 0.2) is 42.6 Å². The van der Waals surface area contributed by atoms with Crippen molar-refractivity contribution in [2.75, 3.05) is 39.8 Å². The highest BCUT2D eigenvalue weighted by Crippen LogP contribution is 2.57. The van der Waals surface area contributed by atoms with Crippen molar-refractivity contribution in [3.8, 4) is 11.8 Å². The molecule has 2 N–H and O–H groups in total. The molecule has 4 aliphatic rings. The maximum atomic E-state index is 13.4. The minimum absolute atomic E-state index is 0.158. The van der Waals surface area contributed by atoms with E-state index in [-0.39, 0.29) is 23.3 Å². The van der Waals surface area contributed by atoms with Gasteiger partial charge in [-0.1, -0.05) is 12.1 Å². The maximum Gasteiger partial charge on any atom is 0.253 e. The Morgan fingerprint density at radius 1 is 1.05 bits per heavy atom. The molecule has 2 spiro atoms. The number of nitriles is 1. The molecule has 0 bridgehead atoms. The zero-order valence-electron chi connectivity index (χ0n) is 24.3. The number of hydrogen-bond acceptors (Lipinski definition) is 5. The lowest BCUT2D eigenvalue weighted by Crippen LogP contribution is -2.58. The number of carbonyl (C=O) groups is 1. The summed E-state index contributed by atoms with van der Waals surface area (Å²) in [6.45, 7) is 7.81. The van der Waals surface area contributed by atoms with Crippen molar-refractivity contribution in [3.05, 3.63) is 64.8 Å². The van der Waals surface area contributed by atoms with Crippen molar-refractivity contribution in [1.29, 1.82) is 5.26 Å². The number of H-pyrrole nitrogens is 1. The average molecular weight is 552 g/mol. The fourth-order valence-electron chi connectivity index (χ4n) is 8.17. The van der Waals surface area contributed by atoms with E-state index < -0.39 is 0 Å². The molecule has 0 radical (unpaired) electrons. The van der Waals surface area contributed by atoms with Gasteiger partial charge in [-0.2, -0.15) is 5.26 Å². The molecule has 4 heterocycles. The number of methoxy groups -OCH3 is 1. The highest BCUT2D eigenvalue weighted by Gasteiger charge is 2.49. The fourth-order valence-corrected chi connectivity index (χ4v) is 8.17. The maximum absolute atomic E-state index is 13.4. The molecule has 7 heteroatoms. The van der Waals surface area contributed by atoms with Gasteiger partial charge in [0, 0.05) is 72.9 Å². The predicted molar refractivity (Wildman–Crippen MR) is 160 cm³/mol. The molecule has 214 valence electrons. The lowest BCUT2D eigenvalue weighted by molar-refractivity contribution is -0.0298. The number of nitrogens with zero attached hydrogens (tertiary/aromatic N) is 3. The smallest absolute Gasteiger partial charge is 0.253 e. The second-order valence-electron chi connectivity index (χ2n) is 13.3. The van der Waals surface area contributed by atoms with Gasteiger partial charge in [-0.05, 0) is 98.2 Å². The number of aryl methyl sites for hydroxylation is 1. The first-order valence-electron chi connectivity index (χ1n) is 15.3. The fraction of sp³-hybridized carbons (Fsp3) is 0.529. The highest BCUT2D eigenvalue weighted by atomic mass is 16.5. The molecule has 7 rings (SSSR count). The van der Waals surface area contributed by atoms with Gasteiger partial charge in [-0.3, -0.25) is 9.69 Å². The normalized spacial score (nSPS) is 27.4. The van der Waals surface area contributed by atoms with Gasteiger partial charge < -0.3 is 19.9 Å². The Bertz CT molecular complexity index is 1480. The number of nitrogens with one attached hydrogen (secondary N) is 2. The minimum atomic E-state index is 0.158. The summed E-state index contributed by atoms with van der Waals surface area (Å²) in [5.41, 5.74) is 6.30. The SMILES string of the molecule is COc1cc(C)c2[nH]ccc2c1CN1CCC2(CC(C#N)C2)C[C@H]1c1ccc(C(=O)N2CCC3(CC2)CNC3)cc1. The molecule has 7 nitrogen and oxygen atoms in total. The Hall–Kier alpha value is -3.34. The monoisotopic (exact) mass is 551 g/mol. The number of benzene rings is 2. The number of amides is 1. The van der Waals surface area contributed by atoms with Crippen LogP contribution in [0.25, 0.3) is 10.9 Å². The van der Waals surface area contributed by atoms with Gasteiger partial charge >= 0.3 is 0 Å². The first-order valence-corrected chi connectivity index (χ1v) is 15.3. The third-order valence-corrected chi connectivity index (χ3v) is 10.9. The standard InChI is InChI=1S/C34H41N5O2/c1-23-15-30(41-2)28(27-7-11-37-31(23)27)20-39-14-10-34(16-24(17-34)19-35)18-29(39)25-3-5-26(6-4-25)32(40)38-12-8-33(9-13-38)21-36-22-33/h3-7,11,15,24,29,36-37H,8-10,12-14,16-18,20-22H2,1-2H3/t24?,29-,34?/m0/s1. The summed E-state index contributed by atoms with van der Waals surface area (Å²) < 4.78 is 5.89. The van der Waals surface area contributed by atoms with Crippen LogP contribution in [0.5, 0.6) is 5.75 Å². The van der Waals surface area contributed by atoms with Crippen molar-refractivity contribution in [1.82, 2.24) is 20.1 Å². The van der Waals surface area contributed by atoms with E-state index in [1.807, 2.05) is 23.2 Å². The number of carbonyl (C=O) groups excluding carboxylic acids is 1. The van der Waals surface area contributed by atoms with Crippen LogP contribution in [-0.2, 0) is 6.54 Å². The van der Waals surface area contributed by atoms with Crippen LogP contribution in [0.1, 0.15) is 71.6 Å². The number of fused-ring (bicyclic) bond motifs is 1. The molecular formula is C34H41N5O2. The number of aromatic nitrogens is 1. The molecule has 4 fully saturated rings. The summed E-state index contributed by atoms with van der Waals surface area (Å²) >= 11 is 0. The number of aromatic amines is 1. The summed E-state index contributed by atoms with van der Waals surface area (Å²) in [6, 6.07) is 15.5. The van der Waals surface area contributed by atoms with Gasteiger partial charge in [0.2, 0.25) is 0 Å². The second-order valence-corrected chi connectivity index (χ2v) is 13.3. The van der Waals surface area contributed by atoms with E-state index in [1.165, 1.54) is 27.6 Å². The predicted octanol–water partition coefficient (Wildman–Crippen LogP) is 5.57. The van der Waals surface area contributed by atoms with Gasteiger partial charge in [0.1, 0.15) is 5.75 Å². The van der Waals surface area contributed by atoms with Crippen LogP contribution in [0.3, 0.4) is 0 Å². The van der Waals surface area contributed by atoms with Crippen molar-refractivity contribution in [3.63, 3.8) is 0 Å². The lowest BCUT2D eigenvalue weighted by atomic mass is 9.56. The molecule has 1 saturated carbocycles. The van der Waals surface area contributed by atoms with E-state index in [9.17, 15) is 10.1 Å². The summed E-state index contributed by atoms with van der Waals surface area (Å²) in [6.07, 6.45) is 8.39. The van der Waals surface area contributed by atoms with E-state index in [1.54, 1.807) is 7.11 Å². The van der Waals surface area contributed by atoms with Crippen LogP contribution in [0.2, 0.25) is 0 Å². The Morgan fingerprint density at radius 2 is 1.78 bits per heavy atom. The topological polar surface area (TPSA) is 84.4 Å². The third kappa shape index (κ3) is 4.62. The molecule has 1 aliphatic carbocycles. The molecule has 1 atom stereocenters. The zero-order valence-corrected chi connectivity index (χ0v) is 24.3. The molecule has 2 aromatic carbocycles. The average Bonchev–Trinajstić information content (AvgIpc) is 3.47. The van der Waals surface area contributed by atoms with Gasteiger partial charge in [0.05, 0.1) is 13.2 Å². The number of hydrogen-bond donors (Lipinski definition) is 2. The quantitative estimate of drug-likeness (QED) is 0.433. The molecule has 41 heavy (non-hydrogen) atoms. The van der Waals surface area contributed by atoms with Gasteiger partial charge in [-0.15, -0.1) is 0 Å². The summed E-state index contributed by atoms with van der Waals surface area (Å²) in [4.78, 5) is 21.4. The number of rotatable bonds is 5. The second kappa shape index (κ2) is 10.2. The Balaban J connectivity index is 1.14. The Labute approximate surface area is 242 Å². The van der Waals surface area contributed by atoms with E-state index >= 15 is 0 Å². The summed E-state index contributed by atoms with van der Waals surface area (Å²) in [7, 11) is 1.76. The van der Waals surface area contributed by atoms with Gasteiger partial charge in [0.25, 0.3) is 5.91 Å². The molecular weight excluding hydrogens is 510 g/mol. The van der Waals surface area contributed by atoms with E-state index in [2.05, 4.69) is 52.5 Å². The minimum Gasteiger partial charge on any atom is -0.496 e. The van der Waals surface area contributed by atoms with Gasteiger partial charge in [0.15, 0.2) is 0 Å². The van der Waals surface area contributed by atoms with E-state index in [4.69, 9.17) is 4.74 Å². The number of ether oxygens (including phenoxy) is 1. The highest BCUT2D eigenvalue weighted by molar-refractivity contribution is 5.94. The Morgan fingerprint density at radius 3 is 2.44 bits per heavy atom. The number of piperidine rings is 2. The van der Waals surface area contributed by atoms with Crippen LogP contribution in [0.4, 0.5) is 0 Å².